The van der Waals surface area contributed by atoms with E-state index in [-0.39, 0.29) is 0 Å². The predicted octanol–water partition coefficient (Wildman–Crippen LogP) is 4.25. The molecule has 2 heteroatoms. The third-order valence-electron chi connectivity index (χ3n) is 4.14. The molecular formula is C18H29NO. The second-order valence-electron chi connectivity index (χ2n) is 5.79. The zero-order valence-corrected chi connectivity index (χ0v) is 13.0. The van der Waals surface area contributed by atoms with Gasteiger partial charge in [-0.1, -0.05) is 44.5 Å². The summed E-state index contributed by atoms with van der Waals surface area (Å²) in [7, 11) is 0. The van der Waals surface area contributed by atoms with Gasteiger partial charge in [0.25, 0.3) is 0 Å². The molecule has 0 radical (unpaired) electrons. The fourth-order valence-electron chi connectivity index (χ4n) is 3.03. The third kappa shape index (κ3) is 4.07. The molecule has 1 N–H and O–H groups in total. The molecule has 2 atom stereocenters. The molecule has 20 heavy (non-hydrogen) atoms. The monoisotopic (exact) mass is 275 g/mol. The van der Waals surface area contributed by atoms with Gasteiger partial charge in [-0.3, -0.25) is 0 Å². The molecule has 2 unspecified atom stereocenters. The van der Waals surface area contributed by atoms with Crippen LogP contribution in [0.25, 0.3) is 0 Å². The number of aryl methyl sites for hydroxylation is 1. The summed E-state index contributed by atoms with van der Waals surface area (Å²) in [5, 5.41) is 3.72. The summed E-state index contributed by atoms with van der Waals surface area (Å²) in [6.07, 6.45) is 7.46. The van der Waals surface area contributed by atoms with Gasteiger partial charge in [0.1, 0.15) is 0 Å². The van der Waals surface area contributed by atoms with Crippen LogP contribution >= 0.6 is 0 Å². The summed E-state index contributed by atoms with van der Waals surface area (Å²) < 4.78 is 6.21. The Morgan fingerprint density at radius 1 is 1.20 bits per heavy atom. The lowest BCUT2D eigenvalue weighted by Gasteiger charge is -2.28. The highest BCUT2D eigenvalue weighted by Gasteiger charge is 2.27. The van der Waals surface area contributed by atoms with E-state index in [0.717, 1.165) is 13.2 Å². The van der Waals surface area contributed by atoms with Gasteiger partial charge in [0.05, 0.1) is 12.1 Å². The number of unbranched alkanes of at least 4 members (excludes halogenated alkanes) is 1. The van der Waals surface area contributed by atoms with Crippen molar-refractivity contribution in [2.45, 2.75) is 64.5 Å². The molecule has 0 amide bonds. The van der Waals surface area contributed by atoms with Crippen LogP contribution < -0.4 is 5.32 Å². The van der Waals surface area contributed by atoms with Crippen molar-refractivity contribution in [3.63, 3.8) is 0 Å². The lowest BCUT2D eigenvalue weighted by atomic mass is 9.97. The number of hydrogen-bond acceptors (Lipinski definition) is 2. The molecule has 1 aromatic carbocycles. The minimum atomic E-state index is 0.330. The van der Waals surface area contributed by atoms with E-state index in [4.69, 9.17) is 4.74 Å². The number of ether oxygens (including phenoxy) is 1. The van der Waals surface area contributed by atoms with Gasteiger partial charge in [-0.15, -0.1) is 0 Å². The highest BCUT2D eigenvalue weighted by molar-refractivity contribution is 5.32. The van der Waals surface area contributed by atoms with Crippen LogP contribution in [0, 0.1) is 0 Å². The van der Waals surface area contributed by atoms with Gasteiger partial charge >= 0.3 is 0 Å². The van der Waals surface area contributed by atoms with E-state index >= 15 is 0 Å². The van der Waals surface area contributed by atoms with Crippen molar-refractivity contribution in [1.82, 2.24) is 5.32 Å². The molecule has 1 aliphatic carbocycles. The minimum Gasteiger partial charge on any atom is -0.376 e. The number of nitrogens with one attached hydrogen (secondary N) is 1. The summed E-state index contributed by atoms with van der Waals surface area (Å²) in [6.45, 7) is 6.40. The molecule has 1 aromatic rings. The molecule has 0 bridgehead atoms. The smallest absolute Gasteiger partial charge is 0.0769 e. The lowest BCUT2D eigenvalue weighted by molar-refractivity contribution is 0.0194. The first-order chi connectivity index (χ1) is 9.86. The van der Waals surface area contributed by atoms with Gasteiger partial charge < -0.3 is 10.1 Å². The van der Waals surface area contributed by atoms with E-state index in [0.29, 0.717) is 12.1 Å². The Hall–Kier alpha value is -0.860. The Morgan fingerprint density at radius 3 is 2.85 bits per heavy atom. The summed E-state index contributed by atoms with van der Waals surface area (Å²) in [5.41, 5.74) is 2.96. The molecule has 0 heterocycles. The molecule has 0 saturated carbocycles. The van der Waals surface area contributed by atoms with E-state index in [2.05, 4.69) is 43.4 Å². The quantitative estimate of drug-likeness (QED) is 0.593. The fraction of sp³-hybridized carbons (Fsp3) is 0.667. The van der Waals surface area contributed by atoms with E-state index < -0.39 is 0 Å². The van der Waals surface area contributed by atoms with Crippen LogP contribution in [0.4, 0.5) is 0 Å². The number of rotatable bonds is 7. The Bertz CT molecular complexity index is 391. The van der Waals surface area contributed by atoms with Gasteiger partial charge in [0.2, 0.25) is 0 Å². The maximum absolute atomic E-state index is 6.21. The SMILES string of the molecule is CCCCOC1CCCc2ccccc2C1NCCC. The predicted molar refractivity (Wildman–Crippen MR) is 85.1 cm³/mol. The average molecular weight is 275 g/mol. The second kappa shape index (κ2) is 8.43. The summed E-state index contributed by atoms with van der Waals surface area (Å²) in [5.74, 6) is 0. The van der Waals surface area contributed by atoms with Crippen molar-refractivity contribution in [1.29, 1.82) is 0 Å². The first kappa shape index (κ1) is 15.5. The van der Waals surface area contributed by atoms with Gasteiger partial charge in [-0.25, -0.2) is 0 Å². The summed E-state index contributed by atoms with van der Waals surface area (Å²) >= 11 is 0. The van der Waals surface area contributed by atoms with Crippen molar-refractivity contribution in [2.24, 2.45) is 0 Å². The minimum absolute atomic E-state index is 0.330. The first-order valence-electron chi connectivity index (χ1n) is 8.29. The van der Waals surface area contributed by atoms with Crippen LogP contribution in [0.2, 0.25) is 0 Å². The van der Waals surface area contributed by atoms with Gasteiger partial charge in [0, 0.05) is 6.61 Å². The van der Waals surface area contributed by atoms with E-state index in [1.807, 2.05) is 0 Å². The average Bonchev–Trinajstić information content (AvgIpc) is 2.65. The van der Waals surface area contributed by atoms with Gasteiger partial charge in [-0.2, -0.15) is 0 Å². The van der Waals surface area contributed by atoms with E-state index in [9.17, 15) is 0 Å². The maximum atomic E-state index is 6.21. The largest absolute Gasteiger partial charge is 0.376 e. The summed E-state index contributed by atoms with van der Waals surface area (Å²) in [6, 6.07) is 9.25. The Kier molecular flexibility index (Phi) is 6.55. The highest BCUT2D eigenvalue weighted by atomic mass is 16.5. The van der Waals surface area contributed by atoms with Crippen LogP contribution in [0.1, 0.15) is 63.1 Å². The Balaban J connectivity index is 2.13. The fourth-order valence-corrected chi connectivity index (χ4v) is 3.03. The standard InChI is InChI=1S/C18H29NO/c1-3-5-14-20-17-12-8-10-15-9-6-7-11-16(15)18(17)19-13-4-2/h6-7,9,11,17-19H,3-5,8,10,12-14H2,1-2H3. The van der Waals surface area contributed by atoms with Crippen LogP contribution in [-0.2, 0) is 11.2 Å². The molecule has 0 aliphatic heterocycles. The van der Waals surface area contributed by atoms with Crippen LogP contribution in [0.15, 0.2) is 24.3 Å². The molecular weight excluding hydrogens is 246 g/mol. The van der Waals surface area contributed by atoms with Crippen LogP contribution in [0.3, 0.4) is 0 Å². The summed E-state index contributed by atoms with van der Waals surface area (Å²) in [4.78, 5) is 0. The zero-order valence-electron chi connectivity index (χ0n) is 13.0. The molecule has 2 nitrogen and oxygen atoms in total. The first-order valence-corrected chi connectivity index (χ1v) is 8.29. The Morgan fingerprint density at radius 2 is 2.05 bits per heavy atom. The highest BCUT2D eigenvalue weighted by Crippen LogP contribution is 2.31. The maximum Gasteiger partial charge on any atom is 0.0769 e. The molecule has 0 saturated heterocycles. The molecule has 0 fully saturated rings. The topological polar surface area (TPSA) is 21.3 Å². The van der Waals surface area contributed by atoms with E-state index in [1.165, 1.54) is 49.7 Å². The van der Waals surface area contributed by atoms with Crippen LogP contribution in [0.5, 0.6) is 0 Å². The van der Waals surface area contributed by atoms with Crippen molar-refractivity contribution in [2.75, 3.05) is 13.2 Å². The van der Waals surface area contributed by atoms with Crippen molar-refractivity contribution < 1.29 is 4.74 Å². The van der Waals surface area contributed by atoms with Gasteiger partial charge in [-0.05, 0) is 49.8 Å². The third-order valence-corrected chi connectivity index (χ3v) is 4.14. The molecule has 1 aliphatic rings. The zero-order chi connectivity index (χ0) is 14.2. The second-order valence-corrected chi connectivity index (χ2v) is 5.79. The molecule has 112 valence electrons. The van der Waals surface area contributed by atoms with Crippen molar-refractivity contribution in [3.8, 4) is 0 Å². The van der Waals surface area contributed by atoms with Gasteiger partial charge in [0.15, 0.2) is 0 Å². The number of hydrogen-bond donors (Lipinski definition) is 1. The number of fused-ring (bicyclic) bond motifs is 1. The molecule has 2 rings (SSSR count). The van der Waals surface area contributed by atoms with Crippen molar-refractivity contribution in [3.05, 3.63) is 35.4 Å². The number of benzene rings is 1. The lowest BCUT2D eigenvalue weighted by Crippen LogP contribution is -2.34. The molecule has 0 spiro atoms. The van der Waals surface area contributed by atoms with E-state index in [1.54, 1.807) is 0 Å². The molecule has 0 aromatic heterocycles. The van der Waals surface area contributed by atoms with Crippen molar-refractivity contribution >= 4 is 0 Å². The van der Waals surface area contributed by atoms with Crippen LogP contribution in [-0.4, -0.2) is 19.3 Å². The normalized spacial score (nSPS) is 22.3. The Labute approximate surface area is 123 Å².